The zero-order valence-corrected chi connectivity index (χ0v) is 10.1. The van der Waals surface area contributed by atoms with E-state index in [2.05, 4.69) is 0 Å². The van der Waals surface area contributed by atoms with E-state index in [1.807, 2.05) is 0 Å². The summed E-state index contributed by atoms with van der Waals surface area (Å²) in [6, 6.07) is 0. The molecule has 1 aliphatic heterocycles. The molecule has 0 bridgehead atoms. The van der Waals surface area contributed by atoms with Gasteiger partial charge in [0.2, 0.25) is 0 Å². The highest BCUT2D eigenvalue weighted by Crippen LogP contribution is 2.27. The number of rotatable bonds is 6. The van der Waals surface area contributed by atoms with Gasteiger partial charge in [-0.15, -0.1) is 0 Å². The molecule has 1 unspecified atom stereocenters. The van der Waals surface area contributed by atoms with Crippen molar-refractivity contribution < 1.29 is 28.8 Å². The van der Waals surface area contributed by atoms with E-state index in [0.29, 0.717) is 6.61 Å². The largest absolute Gasteiger partial charge is 0.382 e. The van der Waals surface area contributed by atoms with E-state index in [4.69, 9.17) is 23.7 Å². The van der Waals surface area contributed by atoms with Gasteiger partial charge >= 0.3 is 0 Å². The topological polar surface area (TPSA) is 66.4 Å². The SMILES string of the molecule is COC[C@@H](OC)[C@@H]1OC(O)[C@H](OC)[C@H]1OC. The fraction of sp³-hybridized carbons (Fsp3) is 1.00. The molecule has 6 heteroatoms. The number of hydrogen-bond acceptors (Lipinski definition) is 6. The van der Waals surface area contributed by atoms with Gasteiger partial charge in [0, 0.05) is 28.4 Å². The smallest absolute Gasteiger partial charge is 0.184 e. The first-order valence-electron chi connectivity index (χ1n) is 5.10. The van der Waals surface area contributed by atoms with Crippen LogP contribution in [-0.2, 0) is 23.7 Å². The van der Waals surface area contributed by atoms with Crippen molar-refractivity contribution in [3.63, 3.8) is 0 Å². The van der Waals surface area contributed by atoms with Crippen molar-refractivity contribution in [2.24, 2.45) is 0 Å². The fourth-order valence-electron chi connectivity index (χ4n) is 1.94. The standard InChI is InChI=1S/C10H20O6/c1-12-5-6(13-2)7-8(14-3)9(15-4)10(11)16-7/h6-11H,5H2,1-4H3/t6-,7+,8+,9-,10?/m1/s1. The van der Waals surface area contributed by atoms with E-state index in [-0.39, 0.29) is 12.2 Å². The molecule has 1 heterocycles. The Morgan fingerprint density at radius 3 is 2.19 bits per heavy atom. The molecular formula is C10H20O6. The first-order chi connectivity index (χ1) is 7.69. The van der Waals surface area contributed by atoms with E-state index >= 15 is 0 Å². The van der Waals surface area contributed by atoms with Crippen LogP contribution in [0, 0.1) is 0 Å². The van der Waals surface area contributed by atoms with Crippen LogP contribution in [0.3, 0.4) is 0 Å². The second-order valence-corrected chi connectivity index (χ2v) is 3.62. The van der Waals surface area contributed by atoms with Gasteiger partial charge in [-0.3, -0.25) is 0 Å². The molecule has 16 heavy (non-hydrogen) atoms. The fourth-order valence-corrected chi connectivity index (χ4v) is 1.94. The maximum Gasteiger partial charge on any atom is 0.184 e. The van der Waals surface area contributed by atoms with Crippen LogP contribution in [-0.4, -0.2) is 70.9 Å². The molecule has 1 rings (SSSR count). The average Bonchev–Trinajstić information content (AvgIpc) is 2.61. The summed E-state index contributed by atoms with van der Waals surface area (Å²) >= 11 is 0. The molecule has 0 spiro atoms. The van der Waals surface area contributed by atoms with E-state index in [9.17, 15) is 5.11 Å². The number of ether oxygens (including phenoxy) is 5. The van der Waals surface area contributed by atoms with E-state index in [1.165, 1.54) is 7.11 Å². The Bertz CT molecular complexity index is 200. The minimum Gasteiger partial charge on any atom is -0.382 e. The van der Waals surface area contributed by atoms with Gasteiger partial charge < -0.3 is 28.8 Å². The van der Waals surface area contributed by atoms with Crippen LogP contribution in [0.1, 0.15) is 0 Å². The first-order valence-corrected chi connectivity index (χ1v) is 5.10. The summed E-state index contributed by atoms with van der Waals surface area (Å²) in [5.74, 6) is 0. The zero-order chi connectivity index (χ0) is 12.1. The number of hydrogen-bond donors (Lipinski definition) is 1. The minimum atomic E-state index is -1.01. The molecular weight excluding hydrogens is 216 g/mol. The lowest BCUT2D eigenvalue weighted by molar-refractivity contribution is -0.160. The normalized spacial score (nSPS) is 36.6. The van der Waals surface area contributed by atoms with Crippen molar-refractivity contribution in [1.29, 1.82) is 0 Å². The summed E-state index contributed by atoms with van der Waals surface area (Å²) in [5.41, 5.74) is 0. The molecule has 1 fully saturated rings. The molecule has 6 nitrogen and oxygen atoms in total. The zero-order valence-electron chi connectivity index (χ0n) is 10.1. The van der Waals surface area contributed by atoms with Gasteiger partial charge in [-0.2, -0.15) is 0 Å². The molecule has 0 aromatic carbocycles. The number of aliphatic hydroxyl groups excluding tert-OH is 1. The monoisotopic (exact) mass is 236 g/mol. The number of aliphatic hydroxyl groups is 1. The lowest BCUT2D eigenvalue weighted by atomic mass is 10.1. The van der Waals surface area contributed by atoms with Crippen LogP contribution in [0.25, 0.3) is 0 Å². The van der Waals surface area contributed by atoms with Crippen molar-refractivity contribution in [1.82, 2.24) is 0 Å². The van der Waals surface area contributed by atoms with Crippen LogP contribution in [0.15, 0.2) is 0 Å². The summed E-state index contributed by atoms with van der Waals surface area (Å²) in [6.45, 7) is 0.365. The Kier molecular flexibility index (Phi) is 5.60. The quantitative estimate of drug-likeness (QED) is 0.664. The Morgan fingerprint density at radius 1 is 1.12 bits per heavy atom. The highest BCUT2D eigenvalue weighted by molar-refractivity contribution is 4.92. The summed E-state index contributed by atoms with van der Waals surface area (Å²) < 4.78 is 26.1. The van der Waals surface area contributed by atoms with Crippen LogP contribution < -0.4 is 0 Å². The molecule has 0 saturated carbocycles. The van der Waals surface area contributed by atoms with Gasteiger partial charge in [0.15, 0.2) is 6.29 Å². The Morgan fingerprint density at radius 2 is 1.75 bits per heavy atom. The molecule has 0 aromatic rings. The van der Waals surface area contributed by atoms with Gasteiger partial charge in [0.05, 0.1) is 6.61 Å². The van der Waals surface area contributed by atoms with Gasteiger partial charge in [-0.1, -0.05) is 0 Å². The van der Waals surface area contributed by atoms with Crippen LogP contribution >= 0.6 is 0 Å². The second-order valence-electron chi connectivity index (χ2n) is 3.62. The average molecular weight is 236 g/mol. The molecule has 1 N–H and O–H groups in total. The van der Waals surface area contributed by atoms with Crippen molar-refractivity contribution in [2.45, 2.75) is 30.7 Å². The summed E-state index contributed by atoms with van der Waals surface area (Å²) in [5, 5.41) is 9.65. The Balaban J connectivity index is 2.71. The molecule has 96 valence electrons. The van der Waals surface area contributed by atoms with Gasteiger partial charge in [-0.25, -0.2) is 0 Å². The molecule has 1 aliphatic rings. The first kappa shape index (κ1) is 13.8. The van der Waals surface area contributed by atoms with Crippen molar-refractivity contribution in [3.8, 4) is 0 Å². The molecule has 0 aromatic heterocycles. The van der Waals surface area contributed by atoms with E-state index in [0.717, 1.165) is 0 Å². The third-order valence-electron chi connectivity index (χ3n) is 2.77. The van der Waals surface area contributed by atoms with E-state index < -0.39 is 18.5 Å². The van der Waals surface area contributed by atoms with Crippen molar-refractivity contribution >= 4 is 0 Å². The van der Waals surface area contributed by atoms with Crippen molar-refractivity contribution in [2.75, 3.05) is 35.0 Å². The van der Waals surface area contributed by atoms with Gasteiger partial charge in [0.1, 0.15) is 24.4 Å². The Hall–Kier alpha value is -0.240. The highest BCUT2D eigenvalue weighted by atomic mass is 16.7. The Labute approximate surface area is 95.4 Å². The lowest BCUT2D eigenvalue weighted by Crippen LogP contribution is -2.43. The maximum atomic E-state index is 9.65. The van der Waals surface area contributed by atoms with Crippen LogP contribution in [0.5, 0.6) is 0 Å². The summed E-state index contributed by atoms with van der Waals surface area (Å²) in [4.78, 5) is 0. The van der Waals surface area contributed by atoms with E-state index in [1.54, 1.807) is 21.3 Å². The molecule has 0 aliphatic carbocycles. The third kappa shape index (κ3) is 2.71. The van der Waals surface area contributed by atoms with Crippen LogP contribution in [0.2, 0.25) is 0 Å². The van der Waals surface area contributed by atoms with Gasteiger partial charge in [-0.05, 0) is 0 Å². The van der Waals surface area contributed by atoms with Gasteiger partial charge in [0.25, 0.3) is 0 Å². The molecule has 0 radical (unpaired) electrons. The molecule has 1 saturated heterocycles. The highest BCUT2D eigenvalue weighted by Gasteiger charge is 2.48. The number of methoxy groups -OCH3 is 4. The molecule has 5 atom stereocenters. The predicted molar refractivity (Wildman–Crippen MR) is 55.1 cm³/mol. The molecule has 0 amide bonds. The summed E-state index contributed by atoms with van der Waals surface area (Å²) in [6.07, 6.45) is -2.60. The van der Waals surface area contributed by atoms with Crippen molar-refractivity contribution in [3.05, 3.63) is 0 Å². The minimum absolute atomic E-state index is 0.301. The second kappa shape index (κ2) is 6.48. The predicted octanol–water partition coefficient (Wildman–Crippen LogP) is -0.605. The third-order valence-corrected chi connectivity index (χ3v) is 2.77. The summed E-state index contributed by atoms with van der Waals surface area (Å²) in [7, 11) is 6.19. The lowest BCUT2D eigenvalue weighted by Gasteiger charge is -2.26. The van der Waals surface area contributed by atoms with Crippen LogP contribution in [0.4, 0.5) is 0 Å². The maximum absolute atomic E-state index is 9.65.